The van der Waals surface area contributed by atoms with Crippen molar-refractivity contribution in [1.29, 1.82) is 0 Å². The van der Waals surface area contributed by atoms with Crippen molar-refractivity contribution in [3.8, 4) is 5.69 Å². The lowest BCUT2D eigenvalue weighted by atomic mass is 10.0. The van der Waals surface area contributed by atoms with Crippen LogP contribution >= 0.6 is 15.9 Å². The average molecular weight is 413 g/mol. The van der Waals surface area contributed by atoms with E-state index in [0.29, 0.717) is 18.0 Å². The molecule has 0 atom stereocenters. The van der Waals surface area contributed by atoms with Gasteiger partial charge in [-0.2, -0.15) is 5.10 Å². The van der Waals surface area contributed by atoms with Crippen LogP contribution in [0.15, 0.2) is 59.6 Å². The number of anilines is 1. The van der Waals surface area contributed by atoms with Crippen molar-refractivity contribution in [3.63, 3.8) is 0 Å². The molecule has 0 aliphatic heterocycles. The van der Waals surface area contributed by atoms with E-state index < -0.39 is 0 Å². The number of hydrogen-bond donors (Lipinski definition) is 1. The lowest BCUT2D eigenvalue weighted by molar-refractivity contribution is -0.115. The SMILES string of the molecule is CC(C)Cc1ccc(CC(=O)Nc2cc(Br)ccc2-n2cncn2)cc1. The number of amides is 1. The lowest BCUT2D eigenvalue weighted by Crippen LogP contribution is -2.16. The monoisotopic (exact) mass is 412 g/mol. The first-order valence-electron chi connectivity index (χ1n) is 8.53. The van der Waals surface area contributed by atoms with Crippen molar-refractivity contribution in [2.45, 2.75) is 26.7 Å². The maximum absolute atomic E-state index is 12.5. The number of halogens is 1. The maximum atomic E-state index is 12.5. The van der Waals surface area contributed by atoms with E-state index in [-0.39, 0.29) is 5.91 Å². The van der Waals surface area contributed by atoms with Crippen LogP contribution in [0, 0.1) is 5.92 Å². The molecule has 0 aliphatic rings. The van der Waals surface area contributed by atoms with E-state index in [0.717, 1.165) is 22.1 Å². The fourth-order valence-corrected chi connectivity index (χ4v) is 3.15. The molecule has 3 aromatic rings. The van der Waals surface area contributed by atoms with Gasteiger partial charge in [0.15, 0.2) is 0 Å². The van der Waals surface area contributed by atoms with Gasteiger partial charge in [0.25, 0.3) is 0 Å². The molecule has 0 unspecified atom stereocenters. The molecule has 1 aromatic heterocycles. The quantitative estimate of drug-likeness (QED) is 0.651. The van der Waals surface area contributed by atoms with Gasteiger partial charge >= 0.3 is 0 Å². The lowest BCUT2D eigenvalue weighted by Gasteiger charge is -2.12. The summed E-state index contributed by atoms with van der Waals surface area (Å²) >= 11 is 3.45. The Balaban J connectivity index is 1.71. The molecule has 6 heteroatoms. The first kappa shape index (κ1) is 18.3. The molecule has 3 rings (SSSR count). The van der Waals surface area contributed by atoms with Gasteiger partial charge in [-0.3, -0.25) is 4.79 Å². The Bertz CT molecular complexity index is 873. The number of nitrogens with one attached hydrogen (secondary N) is 1. The predicted octanol–water partition coefficient (Wildman–Crippen LogP) is 4.41. The molecular weight excluding hydrogens is 392 g/mol. The van der Waals surface area contributed by atoms with Crippen LogP contribution in [0.3, 0.4) is 0 Å². The second-order valence-electron chi connectivity index (χ2n) is 6.64. The summed E-state index contributed by atoms with van der Waals surface area (Å²) in [7, 11) is 0. The molecule has 0 saturated heterocycles. The van der Waals surface area contributed by atoms with Gasteiger partial charge < -0.3 is 5.32 Å². The zero-order valence-electron chi connectivity index (χ0n) is 14.8. The van der Waals surface area contributed by atoms with Gasteiger partial charge in [-0.25, -0.2) is 9.67 Å². The molecule has 0 fully saturated rings. The largest absolute Gasteiger partial charge is 0.324 e. The van der Waals surface area contributed by atoms with Crippen molar-refractivity contribution in [2.24, 2.45) is 5.92 Å². The summed E-state index contributed by atoms with van der Waals surface area (Å²) in [5.41, 5.74) is 3.74. The molecule has 1 N–H and O–H groups in total. The summed E-state index contributed by atoms with van der Waals surface area (Å²) in [6, 6.07) is 13.9. The fraction of sp³-hybridized carbons (Fsp3) is 0.250. The van der Waals surface area contributed by atoms with Crippen molar-refractivity contribution >= 4 is 27.5 Å². The Morgan fingerprint density at radius 2 is 1.88 bits per heavy atom. The van der Waals surface area contributed by atoms with Crippen LogP contribution in [0.4, 0.5) is 5.69 Å². The zero-order valence-corrected chi connectivity index (χ0v) is 16.4. The minimum atomic E-state index is -0.0684. The van der Waals surface area contributed by atoms with E-state index in [1.165, 1.54) is 11.9 Å². The van der Waals surface area contributed by atoms with Crippen molar-refractivity contribution < 1.29 is 4.79 Å². The predicted molar refractivity (Wildman–Crippen MR) is 106 cm³/mol. The Labute approximate surface area is 161 Å². The van der Waals surface area contributed by atoms with Crippen LogP contribution in [-0.4, -0.2) is 20.7 Å². The van der Waals surface area contributed by atoms with Gasteiger partial charge in [-0.1, -0.05) is 54.0 Å². The van der Waals surface area contributed by atoms with E-state index in [2.05, 4.69) is 57.3 Å². The van der Waals surface area contributed by atoms with E-state index >= 15 is 0 Å². The molecule has 0 bridgehead atoms. The summed E-state index contributed by atoms with van der Waals surface area (Å²) in [4.78, 5) is 16.5. The fourth-order valence-electron chi connectivity index (χ4n) is 2.79. The first-order valence-corrected chi connectivity index (χ1v) is 9.33. The topological polar surface area (TPSA) is 59.8 Å². The van der Waals surface area contributed by atoms with Gasteiger partial charge in [0.1, 0.15) is 12.7 Å². The standard InChI is InChI=1S/C20H21BrN4O/c1-14(2)9-15-3-5-16(6-4-15)10-20(26)24-18-11-17(21)7-8-19(18)25-13-22-12-23-25/h3-8,11-14H,9-10H2,1-2H3,(H,24,26). The van der Waals surface area contributed by atoms with E-state index in [4.69, 9.17) is 0 Å². The van der Waals surface area contributed by atoms with Crippen LogP contribution in [-0.2, 0) is 17.6 Å². The summed E-state index contributed by atoms with van der Waals surface area (Å²) in [5, 5.41) is 7.12. The maximum Gasteiger partial charge on any atom is 0.228 e. The number of carbonyl (C=O) groups excluding carboxylic acids is 1. The second kappa shape index (κ2) is 8.27. The summed E-state index contributed by atoms with van der Waals surface area (Å²) < 4.78 is 2.51. The summed E-state index contributed by atoms with van der Waals surface area (Å²) in [5.74, 6) is 0.553. The molecule has 1 amide bonds. The zero-order chi connectivity index (χ0) is 18.5. The smallest absolute Gasteiger partial charge is 0.228 e. The van der Waals surface area contributed by atoms with Crippen LogP contribution in [0.25, 0.3) is 5.69 Å². The Hall–Kier alpha value is -2.47. The second-order valence-corrected chi connectivity index (χ2v) is 7.56. The molecule has 0 spiro atoms. The molecule has 0 radical (unpaired) electrons. The third-order valence-corrected chi connectivity index (χ3v) is 4.42. The van der Waals surface area contributed by atoms with Crippen molar-refractivity contribution in [1.82, 2.24) is 14.8 Å². The minimum Gasteiger partial charge on any atom is -0.324 e. The molecule has 2 aromatic carbocycles. The Morgan fingerprint density at radius 3 is 2.54 bits per heavy atom. The number of hydrogen-bond acceptors (Lipinski definition) is 3. The third kappa shape index (κ3) is 4.79. The van der Waals surface area contributed by atoms with E-state index in [1.54, 1.807) is 11.0 Å². The number of benzene rings is 2. The highest BCUT2D eigenvalue weighted by Gasteiger charge is 2.11. The molecule has 0 aliphatic carbocycles. The summed E-state index contributed by atoms with van der Waals surface area (Å²) in [6.45, 7) is 4.40. The van der Waals surface area contributed by atoms with Crippen molar-refractivity contribution in [2.75, 3.05) is 5.32 Å². The number of nitrogens with zero attached hydrogens (tertiary/aromatic N) is 3. The van der Waals surface area contributed by atoms with Crippen LogP contribution in [0.1, 0.15) is 25.0 Å². The molecule has 26 heavy (non-hydrogen) atoms. The number of aromatic nitrogens is 3. The number of carbonyl (C=O) groups is 1. The van der Waals surface area contributed by atoms with Gasteiger partial charge in [0, 0.05) is 4.47 Å². The van der Waals surface area contributed by atoms with Gasteiger partial charge in [-0.15, -0.1) is 0 Å². The van der Waals surface area contributed by atoms with E-state index in [9.17, 15) is 4.79 Å². The molecule has 0 saturated carbocycles. The van der Waals surface area contributed by atoms with Crippen LogP contribution in [0.2, 0.25) is 0 Å². The van der Waals surface area contributed by atoms with E-state index in [1.807, 2.05) is 30.3 Å². The minimum absolute atomic E-state index is 0.0684. The molecule has 5 nitrogen and oxygen atoms in total. The number of rotatable bonds is 6. The van der Waals surface area contributed by atoms with Gasteiger partial charge in [-0.05, 0) is 41.7 Å². The molecule has 134 valence electrons. The highest BCUT2D eigenvalue weighted by molar-refractivity contribution is 9.10. The highest BCUT2D eigenvalue weighted by Crippen LogP contribution is 2.24. The normalized spacial score (nSPS) is 10.9. The Kier molecular flexibility index (Phi) is 5.83. The third-order valence-electron chi connectivity index (χ3n) is 3.93. The molecular formula is C20H21BrN4O. The van der Waals surface area contributed by atoms with Gasteiger partial charge in [0.2, 0.25) is 5.91 Å². The van der Waals surface area contributed by atoms with Gasteiger partial charge in [0.05, 0.1) is 17.8 Å². The molecule has 1 heterocycles. The summed E-state index contributed by atoms with van der Waals surface area (Å²) in [6.07, 6.45) is 4.44. The average Bonchev–Trinajstić information content (AvgIpc) is 3.10. The van der Waals surface area contributed by atoms with Crippen LogP contribution in [0.5, 0.6) is 0 Å². The van der Waals surface area contributed by atoms with Crippen molar-refractivity contribution in [3.05, 3.63) is 70.7 Å². The van der Waals surface area contributed by atoms with Crippen LogP contribution < -0.4 is 5.32 Å². The highest BCUT2D eigenvalue weighted by atomic mass is 79.9. The first-order chi connectivity index (χ1) is 12.5. The Morgan fingerprint density at radius 1 is 1.15 bits per heavy atom.